The highest BCUT2D eigenvalue weighted by Gasteiger charge is 2.48. The Morgan fingerprint density at radius 2 is 1.77 bits per heavy atom. The van der Waals surface area contributed by atoms with Crippen LogP contribution >= 0.6 is 0 Å². The maximum absolute atomic E-state index is 13.4. The predicted octanol–water partition coefficient (Wildman–Crippen LogP) is 3.48. The number of benzene rings is 2. The summed E-state index contributed by atoms with van der Waals surface area (Å²) in [6, 6.07) is 17.4. The number of hydrogen-bond acceptors (Lipinski definition) is 5. The Balaban J connectivity index is 1.28. The highest BCUT2D eigenvalue weighted by atomic mass is 16.6. The maximum atomic E-state index is 13.4. The molecule has 3 fully saturated rings. The molecular weight excluding hydrogens is 442 g/mol. The number of nitrogens with one attached hydrogen (secondary N) is 1. The van der Waals surface area contributed by atoms with Gasteiger partial charge in [-0.05, 0) is 54.4 Å². The van der Waals surface area contributed by atoms with Gasteiger partial charge in [-0.3, -0.25) is 9.59 Å². The van der Waals surface area contributed by atoms with Crippen LogP contribution in [0.4, 0.5) is 0 Å². The maximum Gasteiger partial charge on any atom is 0.254 e. The zero-order valence-electron chi connectivity index (χ0n) is 20.1. The summed E-state index contributed by atoms with van der Waals surface area (Å²) in [6.45, 7) is 0.461. The van der Waals surface area contributed by atoms with E-state index in [4.69, 9.17) is 4.84 Å². The van der Waals surface area contributed by atoms with Crippen LogP contribution in [0.25, 0.3) is 11.1 Å². The lowest BCUT2D eigenvalue weighted by molar-refractivity contribution is -0.123. The molecule has 2 aromatic rings. The number of aliphatic hydroxyl groups excluding tert-OH is 1. The van der Waals surface area contributed by atoms with Crippen LogP contribution in [0.3, 0.4) is 0 Å². The fourth-order valence-electron chi connectivity index (χ4n) is 6.35. The largest absolute Gasteiger partial charge is 0.399 e. The van der Waals surface area contributed by atoms with Gasteiger partial charge in [0.1, 0.15) is 7.11 Å². The number of aliphatic hydroxyl groups is 1. The molecule has 2 N–H and O–H groups in total. The Kier molecular flexibility index (Phi) is 6.86. The Morgan fingerprint density at radius 3 is 2.49 bits per heavy atom. The van der Waals surface area contributed by atoms with Gasteiger partial charge < -0.3 is 20.2 Å². The zero-order valence-corrected chi connectivity index (χ0v) is 20.1. The molecule has 1 heterocycles. The van der Waals surface area contributed by atoms with Gasteiger partial charge in [0.15, 0.2) is 0 Å². The van der Waals surface area contributed by atoms with Gasteiger partial charge in [-0.2, -0.15) is 0 Å². The second-order valence-corrected chi connectivity index (χ2v) is 10.1. The van der Waals surface area contributed by atoms with Crippen molar-refractivity contribution >= 4 is 17.5 Å². The molecule has 184 valence electrons. The van der Waals surface area contributed by atoms with E-state index in [1.165, 1.54) is 7.11 Å². The molecule has 1 saturated heterocycles. The van der Waals surface area contributed by atoms with Crippen molar-refractivity contribution in [2.24, 2.45) is 22.9 Å². The molecule has 2 aromatic carbocycles. The first-order chi connectivity index (χ1) is 17.1. The van der Waals surface area contributed by atoms with E-state index in [0.29, 0.717) is 30.4 Å². The van der Waals surface area contributed by atoms with E-state index >= 15 is 0 Å². The van der Waals surface area contributed by atoms with Gasteiger partial charge in [0.2, 0.25) is 5.91 Å². The van der Waals surface area contributed by atoms with Crippen molar-refractivity contribution < 1.29 is 19.5 Å². The van der Waals surface area contributed by atoms with Gasteiger partial charge in [0.05, 0.1) is 12.3 Å². The molecule has 2 aliphatic carbocycles. The average molecular weight is 476 g/mol. The third kappa shape index (κ3) is 4.82. The molecule has 2 bridgehead atoms. The number of oxime groups is 1. The molecule has 7 heteroatoms. The van der Waals surface area contributed by atoms with Crippen LogP contribution < -0.4 is 5.32 Å². The Morgan fingerprint density at radius 1 is 1.06 bits per heavy atom. The smallest absolute Gasteiger partial charge is 0.254 e. The molecule has 5 atom stereocenters. The summed E-state index contributed by atoms with van der Waals surface area (Å²) in [6.07, 6.45) is 4.07. The van der Waals surface area contributed by atoms with Crippen molar-refractivity contribution in [1.82, 2.24) is 10.2 Å². The molecule has 0 aromatic heterocycles. The molecule has 0 unspecified atom stereocenters. The normalized spacial score (nSPS) is 28.5. The predicted molar refractivity (Wildman–Crippen MR) is 134 cm³/mol. The van der Waals surface area contributed by atoms with Crippen molar-refractivity contribution in [2.45, 2.75) is 44.2 Å². The number of hydrogen-bond donors (Lipinski definition) is 2. The summed E-state index contributed by atoms with van der Waals surface area (Å²) in [5.41, 5.74) is 3.49. The number of carbonyl (C=O) groups is 2. The van der Waals surface area contributed by atoms with Gasteiger partial charge in [0, 0.05) is 43.0 Å². The zero-order chi connectivity index (χ0) is 24.4. The summed E-state index contributed by atoms with van der Waals surface area (Å²) in [7, 11) is 1.49. The van der Waals surface area contributed by atoms with Crippen LogP contribution in [0.2, 0.25) is 0 Å². The first-order valence-electron chi connectivity index (χ1n) is 12.5. The third-order valence-electron chi connectivity index (χ3n) is 8.03. The lowest BCUT2D eigenvalue weighted by Crippen LogP contribution is -2.47. The van der Waals surface area contributed by atoms with Crippen LogP contribution in [0.5, 0.6) is 0 Å². The van der Waals surface area contributed by atoms with Crippen molar-refractivity contribution in [3.05, 3.63) is 60.2 Å². The van der Waals surface area contributed by atoms with Crippen molar-refractivity contribution in [3.63, 3.8) is 0 Å². The fraction of sp³-hybridized carbons (Fsp3) is 0.464. The lowest BCUT2D eigenvalue weighted by Gasteiger charge is -2.31. The minimum Gasteiger partial charge on any atom is -0.399 e. The summed E-state index contributed by atoms with van der Waals surface area (Å²) in [5, 5.41) is 17.1. The van der Waals surface area contributed by atoms with E-state index in [1.54, 1.807) is 4.90 Å². The van der Waals surface area contributed by atoms with Gasteiger partial charge in [-0.1, -0.05) is 47.6 Å². The van der Waals surface area contributed by atoms with E-state index in [1.807, 2.05) is 54.6 Å². The van der Waals surface area contributed by atoms with Gasteiger partial charge in [-0.15, -0.1) is 0 Å². The van der Waals surface area contributed by atoms with Crippen LogP contribution in [-0.4, -0.2) is 59.9 Å². The lowest BCUT2D eigenvalue weighted by atomic mass is 9.85. The molecule has 0 radical (unpaired) electrons. The van der Waals surface area contributed by atoms with Crippen LogP contribution in [0, 0.1) is 17.8 Å². The average Bonchev–Trinajstić information content (AvgIpc) is 3.60. The molecule has 2 saturated carbocycles. The first kappa shape index (κ1) is 23.5. The van der Waals surface area contributed by atoms with Crippen LogP contribution in [0.1, 0.15) is 42.5 Å². The van der Waals surface area contributed by atoms with Crippen molar-refractivity contribution in [1.29, 1.82) is 0 Å². The number of amides is 2. The summed E-state index contributed by atoms with van der Waals surface area (Å²) >= 11 is 0. The number of likely N-dealkylation sites (tertiary alicyclic amines) is 1. The molecular formula is C28H33N3O4. The fourth-order valence-corrected chi connectivity index (χ4v) is 6.35. The Hall–Kier alpha value is -3.19. The quantitative estimate of drug-likeness (QED) is 0.600. The highest BCUT2D eigenvalue weighted by Crippen LogP contribution is 2.48. The molecule has 35 heavy (non-hydrogen) atoms. The van der Waals surface area contributed by atoms with Crippen molar-refractivity contribution in [3.8, 4) is 11.1 Å². The number of nitrogens with zero attached hydrogens (tertiary/aromatic N) is 2. The van der Waals surface area contributed by atoms with E-state index in [-0.39, 0.29) is 42.8 Å². The molecule has 2 amide bonds. The number of rotatable bonds is 7. The second kappa shape index (κ2) is 10.2. The third-order valence-corrected chi connectivity index (χ3v) is 8.03. The minimum atomic E-state index is -0.281. The molecule has 0 spiro atoms. The molecule has 3 aliphatic rings. The van der Waals surface area contributed by atoms with E-state index < -0.39 is 0 Å². The number of carbonyl (C=O) groups excluding carboxylic acids is 2. The number of fused-ring (bicyclic) bond motifs is 2. The molecule has 7 nitrogen and oxygen atoms in total. The summed E-state index contributed by atoms with van der Waals surface area (Å²) in [4.78, 5) is 33.2. The molecule has 5 rings (SSSR count). The van der Waals surface area contributed by atoms with E-state index in [9.17, 15) is 14.7 Å². The highest BCUT2D eigenvalue weighted by molar-refractivity contribution is 6.01. The Bertz CT molecular complexity index is 1090. The van der Waals surface area contributed by atoms with Gasteiger partial charge in [-0.25, -0.2) is 0 Å². The van der Waals surface area contributed by atoms with E-state index in [2.05, 4.69) is 10.5 Å². The van der Waals surface area contributed by atoms with Gasteiger partial charge in [0.25, 0.3) is 5.91 Å². The second-order valence-electron chi connectivity index (χ2n) is 10.1. The summed E-state index contributed by atoms with van der Waals surface area (Å²) < 4.78 is 0. The van der Waals surface area contributed by atoms with Gasteiger partial charge >= 0.3 is 0 Å². The monoisotopic (exact) mass is 475 g/mol. The van der Waals surface area contributed by atoms with Crippen LogP contribution in [0.15, 0.2) is 59.8 Å². The minimum absolute atomic E-state index is 0.0365. The topological polar surface area (TPSA) is 91.2 Å². The van der Waals surface area contributed by atoms with Crippen molar-refractivity contribution in [2.75, 3.05) is 20.3 Å². The Labute approximate surface area is 206 Å². The standard InChI is InChI=1S/C28H33N3O4/c1-35-30-23-14-24(15-26(33)29-27-22-12-11-21(13-22)25(27)17-32)31(16-23)28(34)20-9-7-19(8-10-20)18-5-3-2-4-6-18/h2-10,21-22,24-25,27,32H,11-17H2,1H3,(H,29,33)/t21-,22+,24+,25+,27-/m1/s1. The van der Waals surface area contributed by atoms with Crippen LogP contribution in [-0.2, 0) is 9.63 Å². The first-order valence-corrected chi connectivity index (χ1v) is 12.5. The summed E-state index contributed by atoms with van der Waals surface area (Å²) in [5.74, 6) is 0.932. The van der Waals surface area contributed by atoms with E-state index in [0.717, 1.165) is 36.1 Å². The molecule has 1 aliphatic heterocycles. The SMILES string of the molecule is CON=C1C[C@@H](CC(=O)N[C@@H]2[C@H]3CC[C@H](C3)[C@@H]2CO)N(C(=O)c2ccc(-c3ccccc3)cc2)C1.